The zero-order valence-corrected chi connectivity index (χ0v) is 21.7. The Kier molecular flexibility index (Phi) is 7.56. The van der Waals surface area contributed by atoms with Crippen molar-refractivity contribution in [3.8, 4) is 16.9 Å². The normalized spacial score (nSPS) is 18.6. The number of rotatable bonds is 7. The number of aliphatic carboxylic acids is 1. The molecular weight excluding hydrogens is 467 g/mol. The van der Waals surface area contributed by atoms with Gasteiger partial charge in [0.05, 0.1) is 12.1 Å². The van der Waals surface area contributed by atoms with E-state index in [9.17, 15) is 14.3 Å². The lowest BCUT2D eigenvalue weighted by Crippen LogP contribution is -2.29. The van der Waals surface area contributed by atoms with Gasteiger partial charge in [0.1, 0.15) is 17.7 Å². The summed E-state index contributed by atoms with van der Waals surface area (Å²) in [6.45, 7) is 6.52. The zero-order valence-electron chi connectivity index (χ0n) is 21.7. The first-order valence-electron chi connectivity index (χ1n) is 13.4. The average molecular weight is 503 g/mol. The highest BCUT2D eigenvalue weighted by Crippen LogP contribution is 2.38. The van der Waals surface area contributed by atoms with Crippen LogP contribution in [0.15, 0.2) is 48.7 Å². The molecule has 1 N–H and O–H groups in total. The number of fused-ring (bicyclic) bond motifs is 1. The van der Waals surface area contributed by atoms with Gasteiger partial charge in [-0.1, -0.05) is 43.7 Å². The van der Waals surface area contributed by atoms with Crippen LogP contribution in [0, 0.1) is 18.7 Å². The predicted octanol–water partition coefficient (Wildman–Crippen LogP) is 6.51. The Labute approximate surface area is 218 Å². The maximum atomic E-state index is 14.9. The second kappa shape index (κ2) is 11.0. The van der Waals surface area contributed by atoms with Gasteiger partial charge in [-0.15, -0.1) is 0 Å². The minimum atomic E-state index is -0.793. The van der Waals surface area contributed by atoms with Gasteiger partial charge >= 0.3 is 5.97 Å². The Bertz CT molecular complexity index is 1290. The largest absolute Gasteiger partial charge is 0.485 e. The van der Waals surface area contributed by atoms with Crippen LogP contribution in [0.25, 0.3) is 11.1 Å². The molecule has 5 rings (SSSR count). The summed E-state index contributed by atoms with van der Waals surface area (Å²) in [6.07, 6.45) is 7.11. The Morgan fingerprint density at radius 1 is 1.14 bits per heavy atom. The topological polar surface area (TPSA) is 62.7 Å². The molecule has 2 atom stereocenters. The van der Waals surface area contributed by atoms with Crippen LogP contribution >= 0.6 is 0 Å². The number of aromatic nitrogens is 1. The van der Waals surface area contributed by atoms with Crippen LogP contribution in [-0.4, -0.2) is 34.0 Å². The quantitative estimate of drug-likeness (QED) is 0.399. The third kappa shape index (κ3) is 5.85. The Balaban J connectivity index is 1.44. The van der Waals surface area contributed by atoms with E-state index in [0.717, 1.165) is 71.7 Å². The van der Waals surface area contributed by atoms with Gasteiger partial charge in [-0.2, -0.15) is 0 Å². The molecule has 0 spiro atoms. The second-order valence-corrected chi connectivity index (χ2v) is 10.6. The molecule has 0 radical (unpaired) electrons. The molecule has 1 saturated heterocycles. The number of benzene rings is 2. The SMILES string of the molecule is Cc1cc(-c2ccc(C3CCc4ccc(CC(C)C(=O)O)cc4O3)cc2CN2CCCCC2)c(F)cn1. The maximum absolute atomic E-state index is 14.9. The average Bonchev–Trinajstić information content (AvgIpc) is 2.90. The van der Waals surface area contributed by atoms with Crippen molar-refractivity contribution in [1.82, 2.24) is 9.88 Å². The second-order valence-electron chi connectivity index (χ2n) is 10.6. The third-order valence-corrected chi connectivity index (χ3v) is 7.67. The molecule has 0 amide bonds. The van der Waals surface area contributed by atoms with E-state index in [2.05, 4.69) is 28.1 Å². The molecule has 5 nitrogen and oxygen atoms in total. The van der Waals surface area contributed by atoms with Crippen molar-refractivity contribution in [3.05, 3.63) is 82.4 Å². The number of piperidine rings is 1. The molecule has 2 aliphatic rings. The van der Waals surface area contributed by atoms with Gasteiger partial charge in [0, 0.05) is 17.8 Å². The van der Waals surface area contributed by atoms with Crippen molar-refractivity contribution in [3.63, 3.8) is 0 Å². The summed E-state index contributed by atoms with van der Waals surface area (Å²) < 4.78 is 21.4. The number of carboxylic acids is 1. The van der Waals surface area contributed by atoms with Crippen LogP contribution in [-0.2, 0) is 24.2 Å². The summed E-state index contributed by atoms with van der Waals surface area (Å²) >= 11 is 0. The highest BCUT2D eigenvalue weighted by molar-refractivity contribution is 5.70. The number of hydrogen-bond donors (Lipinski definition) is 1. The summed E-state index contributed by atoms with van der Waals surface area (Å²) in [5, 5.41) is 9.29. The summed E-state index contributed by atoms with van der Waals surface area (Å²) in [5.74, 6) is -0.703. The third-order valence-electron chi connectivity index (χ3n) is 7.67. The van der Waals surface area contributed by atoms with Gasteiger partial charge in [0.25, 0.3) is 0 Å². The van der Waals surface area contributed by atoms with Crippen LogP contribution in [0.1, 0.15) is 66.7 Å². The Morgan fingerprint density at radius 3 is 2.73 bits per heavy atom. The fourth-order valence-electron chi connectivity index (χ4n) is 5.53. The number of carbonyl (C=O) groups is 1. The van der Waals surface area contributed by atoms with Crippen molar-refractivity contribution in [2.75, 3.05) is 13.1 Å². The zero-order chi connectivity index (χ0) is 25.9. The Morgan fingerprint density at radius 2 is 1.95 bits per heavy atom. The molecule has 194 valence electrons. The van der Waals surface area contributed by atoms with E-state index in [0.29, 0.717) is 12.0 Å². The van der Waals surface area contributed by atoms with Crippen molar-refractivity contribution in [2.45, 2.75) is 65.0 Å². The van der Waals surface area contributed by atoms with Crippen LogP contribution in [0.5, 0.6) is 5.75 Å². The maximum Gasteiger partial charge on any atom is 0.306 e. The first-order chi connectivity index (χ1) is 17.9. The highest BCUT2D eigenvalue weighted by atomic mass is 19.1. The van der Waals surface area contributed by atoms with E-state index in [4.69, 9.17) is 4.74 Å². The van der Waals surface area contributed by atoms with Crippen molar-refractivity contribution >= 4 is 5.97 Å². The van der Waals surface area contributed by atoms with E-state index in [1.54, 1.807) is 6.92 Å². The molecule has 37 heavy (non-hydrogen) atoms. The molecule has 1 aromatic heterocycles. The minimum Gasteiger partial charge on any atom is -0.485 e. The number of pyridine rings is 1. The summed E-state index contributed by atoms with van der Waals surface area (Å²) in [7, 11) is 0. The van der Waals surface area contributed by atoms with Gasteiger partial charge in [0.15, 0.2) is 0 Å². The lowest BCUT2D eigenvalue weighted by Gasteiger charge is -2.30. The first kappa shape index (κ1) is 25.4. The fourth-order valence-corrected chi connectivity index (χ4v) is 5.53. The Hall–Kier alpha value is -3.25. The number of halogens is 1. The van der Waals surface area contributed by atoms with Gasteiger partial charge in [-0.05, 0) is 92.1 Å². The molecule has 0 aliphatic carbocycles. The lowest BCUT2D eigenvalue weighted by molar-refractivity contribution is -0.141. The monoisotopic (exact) mass is 502 g/mol. The number of carboxylic acid groups (broad SMARTS) is 1. The minimum absolute atomic E-state index is 0.0992. The highest BCUT2D eigenvalue weighted by Gasteiger charge is 2.24. The number of aryl methyl sites for hydroxylation is 2. The molecule has 3 aromatic rings. The lowest BCUT2D eigenvalue weighted by atomic mass is 9.91. The van der Waals surface area contributed by atoms with Gasteiger partial charge in [-0.3, -0.25) is 14.7 Å². The van der Waals surface area contributed by atoms with E-state index in [1.165, 1.54) is 25.5 Å². The van der Waals surface area contributed by atoms with E-state index < -0.39 is 11.9 Å². The van der Waals surface area contributed by atoms with E-state index in [1.807, 2.05) is 31.2 Å². The van der Waals surface area contributed by atoms with E-state index >= 15 is 0 Å². The smallest absolute Gasteiger partial charge is 0.306 e. The molecule has 2 aromatic carbocycles. The van der Waals surface area contributed by atoms with Crippen LogP contribution < -0.4 is 4.74 Å². The molecule has 0 bridgehead atoms. The number of likely N-dealkylation sites (tertiary alicyclic amines) is 1. The van der Waals surface area contributed by atoms with Gasteiger partial charge in [-0.25, -0.2) is 4.39 Å². The first-order valence-corrected chi connectivity index (χ1v) is 13.4. The van der Waals surface area contributed by atoms with Crippen molar-refractivity contribution in [1.29, 1.82) is 0 Å². The number of nitrogens with zero attached hydrogens (tertiary/aromatic N) is 2. The van der Waals surface area contributed by atoms with Gasteiger partial charge in [0.2, 0.25) is 0 Å². The predicted molar refractivity (Wildman–Crippen MR) is 142 cm³/mol. The van der Waals surface area contributed by atoms with Crippen LogP contribution in [0.2, 0.25) is 0 Å². The van der Waals surface area contributed by atoms with Crippen molar-refractivity contribution in [2.24, 2.45) is 5.92 Å². The number of hydrogen-bond acceptors (Lipinski definition) is 4. The molecule has 3 heterocycles. The van der Waals surface area contributed by atoms with E-state index in [-0.39, 0.29) is 11.9 Å². The standard InChI is InChI=1S/C31H35FN2O3/c1-20(31(35)36)14-22-6-7-23-9-11-29(37-30(23)16-22)24-8-10-26(27-15-21(2)33-18-28(27)32)25(17-24)19-34-12-4-3-5-13-34/h6-8,10,15-18,20,29H,3-5,9,11-14,19H2,1-2H3,(H,35,36). The summed E-state index contributed by atoms with van der Waals surface area (Å²) in [4.78, 5) is 17.9. The molecule has 0 saturated carbocycles. The number of ether oxygens (including phenoxy) is 1. The molecule has 2 aliphatic heterocycles. The summed E-state index contributed by atoms with van der Waals surface area (Å²) in [5.41, 5.74) is 6.64. The fraction of sp³-hybridized carbons (Fsp3) is 0.419. The molecule has 2 unspecified atom stereocenters. The van der Waals surface area contributed by atoms with Gasteiger partial charge < -0.3 is 9.84 Å². The van der Waals surface area contributed by atoms with Crippen molar-refractivity contribution < 1.29 is 19.0 Å². The van der Waals surface area contributed by atoms with Crippen LogP contribution in [0.4, 0.5) is 4.39 Å². The molecular formula is C31H35FN2O3. The molecule has 1 fully saturated rings. The summed E-state index contributed by atoms with van der Waals surface area (Å²) in [6, 6.07) is 14.2. The molecule has 6 heteroatoms. The van der Waals surface area contributed by atoms with Crippen LogP contribution in [0.3, 0.4) is 0 Å².